The van der Waals surface area contributed by atoms with Gasteiger partial charge in [-0.25, -0.2) is 4.98 Å². The van der Waals surface area contributed by atoms with Gasteiger partial charge in [0, 0.05) is 22.2 Å². The third-order valence-corrected chi connectivity index (χ3v) is 4.84. The molecular formula is C19H28N2S. The zero-order valence-electron chi connectivity index (χ0n) is 14.3. The first kappa shape index (κ1) is 17.2. The molecule has 0 spiro atoms. The largest absolute Gasteiger partial charge is 0.312 e. The van der Waals surface area contributed by atoms with Gasteiger partial charge in [0.1, 0.15) is 5.01 Å². The van der Waals surface area contributed by atoms with Gasteiger partial charge < -0.3 is 5.32 Å². The standard InChI is InChI=1S/C19H28N2S/c1-5-17-14-20-18(22-17)16-11-9-15(10-12-16)8-6-7-13-21-19(2,3)4/h9-12,14,21H,5-8,13H2,1-4H3. The van der Waals surface area contributed by atoms with Crippen LogP contribution in [0.25, 0.3) is 10.6 Å². The van der Waals surface area contributed by atoms with Gasteiger partial charge in [-0.3, -0.25) is 0 Å². The third-order valence-electron chi connectivity index (χ3n) is 3.65. The Balaban J connectivity index is 1.79. The number of aromatic nitrogens is 1. The van der Waals surface area contributed by atoms with Crippen molar-refractivity contribution in [3.63, 3.8) is 0 Å². The van der Waals surface area contributed by atoms with Crippen molar-refractivity contribution >= 4 is 11.3 Å². The lowest BCUT2D eigenvalue weighted by Crippen LogP contribution is -2.36. The molecule has 0 aliphatic rings. The highest BCUT2D eigenvalue weighted by Crippen LogP contribution is 2.25. The smallest absolute Gasteiger partial charge is 0.123 e. The van der Waals surface area contributed by atoms with E-state index in [1.54, 1.807) is 11.3 Å². The Bertz CT molecular complexity index is 564. The molecule has 2 nitrogen and oxygen atoms in total. The summed E-state index contributed by atoms with van der Waals surface area (Å²) in [7, 11) is 0. The minimum atomic E-state index is 0.229. The van der Waals surface area contributed by atoms with E-state index >= 15 is 0 Å². The first-order valence-electron chi connectivity index (χ1n) is 8.27. The quantitative estimate of drug-likeness (QED) is 0.720. The normalized spacial score (nSPS) is 11.8. The van der Waals surface area contributed by atoms with Crippen molar-refractivity contribution in [1.29, 1.82) is 0 Å². The van der Waals surface area contributed by atoms with Gasteiger partial charge in [-0.2, -0.15) is 0 Å². The molecule has 0 unspecified atom stereocenters. The van der Waals surface area contributed by atoms with Gasteiger partial charge in [0.2, 0.25) is 0 Å². The summed E-state index contributed by atoms with van der Waals surface area (Å²) in [6.07, 6.45) is 6.68. The molecule has 1 N–H and O–H groups in total. The summed E-state index contributed by atoms with van der Waals surface area (Å²) >= 11 is 1.80. The van der Waals surface area contributed by atoms with Crippen LogP contribution in [0, 0.1) is 0 Å². The van der Waals surface area contributed by atoms with Crippen molar-refractivity contribution in [2.45, 2.75) is 58.9 Å². The van der Waals surface area contributed by atoms with E-state index in [1.807, 2.05) is 6.20 Å². The molecule has 0 aliphatic carbocycles. The molecule has 0 saturated carbocycles. The van der Waals surface area contributed by atoms with Crippen LogP contribution in [0.3, 0.4) is 0 Å². The van der Waals surface area contributed by atoms with E-state index in [-0.39, 0.29) is 5.54 Å². The van der Waals surface area contributed by atoms with Crippen molar-refractivity contribution in [3.05, 3.63) is 40.9 Å². The Morgan fingerprint density at radius 3 is 2.41 bits per heavy atom. The van der Waals surface area contributed by atoms with Gasteiger partial charge >= 0.3 is 0 Å². The van der Waals surface area contributed by atoms with Crippen LogP contribution in [0.5, 0.6) is 0 Å². The van der Waals surface area contributed by atoms with Crippen LogP contribution in [-0.2, 0) is 12.8 Å². The first-order valence-corrected chi connectivity index (χ1v) is 9.08. The van der Waals surface area contributed by atoms with E-state index in [4.69, 9.17) is 0 Å². The number of thiazole rings is 1. The molecule has 120 valence electrons. The fourth-order valence-corrected chi connectivity index (χ4v) is 3.19. The van der Waals surface area contributed by atoms with Crippen LogP contribution in [0.2, 0.25) is 0 Å². The summed E-state index contributed by atoms with van der Waals surface area (Å²) in [5, 5.41) is 4.68. The molecule has 1 heterocycles. The molecular weight excluding hydrogens is 288 g/mol. The van der Waals surface area contributed by atoms with E-state index in [1.165, 1.54) is 28.8 Å². The van der Waals surface area contributed by atoms with Gasteiger partial charge in [-0.15, -0.1) is 11.3 Å². The molecule has 0 amide bonds. The summed E-state index contributed by atoms with van der Waals surface area (Å²) in [4.78, 5) is 5.86. The molecule has 0 saturated heterocycles. The van der Waals surface area contributed by atoms with Gasteiger partial charge in [0.05, 0.1) is 0 Å². The number of hydrogen-bond donors (Lipinski definition) is 1. The lowest BCUT2D eigenvalue weighted by atomic mass is 10.1. The lowest BCUT2D eigenvalue weighted by Gasteiger charge is -2.20. The fraction of sp³-hybridized carbons (Fsp3) is 0.526. The molecule has 2 aromatic rings. The Morgan fingerprint density at radius 2 is 1.82 bits per heavy atom. The van der Waals surface area contributed by atoms with E-state index in [0.717, 1.165) is 24.4 Å². The Kier molecular flexibility index (Phi) is 6.16. The highest BCUT2D eigenvalue weighted by atomic mass is 32.1. The number of nitrogens with zero attached hydrogens (tertiary/aromatic N) is 1. The molecule has 22 heavy (non-hydrogen) atoms. The average Bonchev–Trinajstić information content (AvgIpc) is 2.95. The van der Waals surface area contributed by atoms with Gasteiger partial charge in [0.15, 0.2) is 0 Å². The zero-order chi connectivity index (χ0) is 16.0. The van der Waals surface area contributed by atoms with E-state index in [2.05, 4.69) is 62.3 Å². The van der Waals surface area contributed by atoms with E-state index in [0.29, 0.717) is 0 Å². The average molecular weight is 317 g/mol. The second-order valence-electron chi connectivity index (χ2n) is 6.82. The Morgan fingerprint density at radius 1 is 1.09 bits per heavy atom. The molecule has 0 aliphatic heterocycles. The molecule has 1 aromatic heterocycles. The van der Waals surface area contributed by atoms with Gasteiger partial charge in [-0.1, -0.05) is 31.2 Å². The summed E-state index contributed by atoms with van der Waals surface area (Å²) in [6, 6.07) is 8.92. The third kappa shape index (κ3) is 5.54. The van der Waals surface area contributed by atoms with Crippen molar-refractivity contribution < 1.29 is 0 Å². The summed E-state index contributed by atoms with van der Waals surface area (Å²) in [5.41, 5.74) is 2.89. The highest BCUT2D eigenvalue weighted by Gasteiger charge is 2.07. The van der Waals surface area contributed by atoms with Crippen LogP contribution >= 0.6 is 11.3 Å². The van der Waals surface area contributed by atoms with Crippen LogP contribution in [-0.4, -0.2) is 17.1 Å². The van der Waals surface area contributed by atoms with E-state index < -0.39 is 0 Å². The monoisotopic (exact) mass is 316 g/mol. The molecule has 2 rings (SSSR count). The highest BCUT2D eigenvalue weighted by molar-refractivity contribution is 7.15. The second kappa shape index (κ2) is 7.89. The number of aryl methyl sites for hydroxylation is 2. The molecule has 3 heteroatoms. The number of benzene rings is 1. The second-order valence-corrected chi connectivity index (χ2v) is 7.93. The van der Waals surface area contributed by atoms with Crippen LogP contribution in [0.15, 0.2) is 30.5 Å². The minimum Gasteiger partial charge on any atom is -0.312 e. The van der Waals surface area contributed by atoms with Crippen LogP contribution in [0.4, 0.5) is 0 Å². The predicted molar refractivity (Wildman–Crippen MR) is 97.6 cm³/mol. The number of unbranched alkanes of at least 4 members (excludes halogenated alkanes) is 1. The topological polar surface area (TPSA) is 24.9 Å². The van der Waals surface area contributed by atoms with Crippen molar-refractivity contribution in [2.75, 3.05) is 6.54 Å². The zero-order valence-corrected chi connectivity index (χ0v) is 15.1. The number of nitrogens with one attached hydrogen (secondary N) is 1. The fourth-order valence-electron chi connectivity index (χ4n) is 2.34. The summed E-state index contributed by atoms with van der Waals surface area (Å²) in [5.74, 6) is 0. The lowest BCUT2D eigenvalue weighted by molar-refractivity contribution is 0.419. The molecule has 1 aromatic carbocycles. The van der Waals surface area contributed by atoms with Crippen molar-refractivity contribution in [3.8, 4) is 10.6 Å². The molecule has 0 bridgehead atoms. The summed E-state index contributed by atoms with van der Waals surface area (Å²) in [6.45, 7) is 9.92. The van der Waals surface area contributed by atoms with Crippen molar-refractivity contribution in [1.82, 2.24) is 10.3 Å². The SMILES string of the molecule is CCc1cnc(-c2ccc(CCCCNC(C)(C)C)cc2)s1. The minimum absolute atomic E-state index is 0.229. The maximum atomic E-state index is 4.51. The Labute approximate surface area is 139 Å². The summed E-state index contributed by atoms with van der Waals surface area (Å²) < 4.78 is 0. The number of rotatable bonds is 7. The van der Waals surface area contributed by atoms with Crippen molar-refractivity contribution in [2.24, 2.45) is 0 Å². The molecule has 0 fully saturated rings. The number of hydrogen-bond acceptors (Lipinski definition) is 3. The maximum absolute atomic E-state index is 4.51. The van der Waals surface area contributed by atoms with Crippen LogP contribution < -0.4 is 5.32 Å². The Hall–Kier alpha value is -1.19. The predicted octanol–water partition coefficient (Wildman–Crippen LogP) is 5.08. The molecule has 0 atom stereocenters. The van der Waals surface area contributed by atoms with E-state index in [9.17, 15) is 0 Å². The van der Waals surface area contributed by atoms with Crippen LogP contribution in [0.1, 0.15) is 51.0 Å². The molecule has 0 radical (unpaired) electrons. The first-order chi connectivity index (χ1) is 10.5. The van der Waals surface area contributed by atoms with Gasteiger partial charge in [-0.05, 0) is 58.6 Å². The van der Waals surface area contributed by atoms with Gasteiger partial charge in [0.25, 0.3) is 0 Å². The maximum Gasteiger partial charge on any atom is 0.123 e.